The fraction of sp³-hybridized carbons (Fsp3) is 0.353. The molecule has 1 aliphatic rings. The van der Waals surface area contributed by atoms with E-state index in [2.05, 4.69) is 4.98 Å². The van der Waals surface area contributed by atoms with Gasteiger partial charge in [-0.3, -0.25) is 0 Å². The third-order valence-electron chi connectivity index (χ3n) is 4.07. The summed E-state index contributed by atoms with van der Waals surface area (Å²) in [4.78, 5) is 4.50. The van der Waals surface area contributed by atoms with Gasteiger partial charge in [-0.15, -0.1) is 0 Å². The van der Waals surface area contributed by atoms with Crippen LogP contribution in [0.1, 0.15) is 13.8 Å². The predicted octanol–water partition coefficient (Wildman–Crippen LogP) is 2.90. The molecule has 1 aromatic carbocycles. The van der Waals surface area contributed by atoms with Crippen LogP contribution in [0.4, 0.5) is 0 Å². The lowest BCUT2D eigenvalue weighted by atomic mass is 10.0. The molecule has 0 saturated heterocycles. The van der Waals surface area contributed by atoms with E-state index in [0.29, 0.717) is 28.5 Å². The Bertz CT molecular complexity index is 893. The maximum absolute atomic E-state index is 10.1. The van der Waals surface area contributed by atoms with Gasteiger partial charge in [0, 0.05) is 11.5 Å². The van der Waals surface area contributed by atoms with Crippen molar-refractivity contribution < 1.29 is 23.7 Å². The van der Waals surface area contributed by atoms with Crippen LogP contribution in [-0.2, 0) is 0 Å². The van der Waals surface area contributed by atoms with E-state index in [1.54, 1.807) is 33.3 Å². The number of nitrogens with zero attached hydrogens (tertiary/aromatic N) is 1. The summed E-state index contributed by atoms with van der Waals surface area (Å²) < 4.78 is 22.6. The van der Waals surface area contributed by atoms with Gasteiger partial charge in [0.25, 0.3) is 0 Å². The van der Waals surface area contributed by atoms with E-state index in [9.17, 15) is 5.11 Å². The van der Waals surface area contributed by atoms with Crippen molar-refractivity contribution in [1.82, 2.24) is 4.98 Å². The molecule has 0 spiro atoms. The minimum Gasteiger partial charge on any atom is -0.495 e. The van der Waals surface area contributed by atoms with Crippen LogP contribution in [0.25, 0.3) is 22.0 Å². The SMILES string of the molecule is COc1c2cc3c(cc2nc2occc12)O[C@H](C(C)(C)O)CO3. The van der Waals surface area contributed by atoms with Crippen molar-refractivity contribution in [3.63, 3.8) is 0 Å². The Morgan fingerprint density at radius 3 is 2.83 bits per heavy atom. The van der Waals surface area contributed by atoms with Gasteiger partial charge in [0.05, 0.1) is 29.9 Å². The first-order chi connectivity index (χ1) is 11.0. The molecule has 2 aromatic heterocycles. The summed E-state index contributed by atoms with van der Waals surface area (Å²) in [6.45, 7) is 3.67. The average Bonchev–Trinajstić information content (AvgIpc) is 2.97. The number of hydrogen-bond acceptors (Lipinski definition) is 6. The highest BCUT2D eigenvalue weighted by Crippen LogP contribution is 2.42. The molecule has 3 heterocycles. The maximum atomic E-state index is 10.1. The molecule has 0 fully saturated rings. The van der Waals surface area contributed by atoms with E-state index in [-0.39, 0.29) is 6.61 Å². The molecule has 1 atom stereocenters. The Morgan fingerprint density at radius 2 is 2.09 bits per heavy atom. The Kier molecular flexibility index (Phi) is 2.93. The fourth-order valence-corrected chi connectivity index (χ4v) is 2.76. The van der Waals surface area contributed by atoms with E-state index < -0.39 is 11.7 Å². The van der Waals surface area contributed by atoms with Gasteiger partial charge in [-0.2, -0.15) is 0 Å². The minimum atomic E-state index is -0.997. The monoisotopic (exact) mass is 315 g/mol. The van der Waals surface area contributed by atoms with Gasteiger partial charge >= 0.3 is 0 Å². The second kappa shape index (κ2) is 4.76. The number of ether oxygens (including phenoxy) is 3. The molecule has 120 valence electrons. The van der Waals surface area contributed by atoms with Crippen LogP contribution in [0.2, 0.25) is 0 Å². The standard InChI is InChI=1S/C17H17NO5/c1-17(2,19)14-8-22-12-6-10-11(7-13(12)23-14)18-16-9(4-5-21-16)15(10)20-3/h4-7,14,19H,8H2,1-3H3/t14-/m0/s1. The summed E-state index contributed by atoms with van der Waals surface area (Å²) in [6.07, 6.45) is 1.14. The highest BCUT2D eigenvalue weighted by molar-refractivity contribution is 6.00. The first kappa shape index (κ1) is 14.1. The van der Waals surface area contributed by atoms with Crippen molar-refractivity contribution >= 4 is 22.0 Å². The third-order valence-corrected chi connectivity index (χ3v) is 4.07. The number of benzene rings is 1. The van der Waals surface area contributed by atoms with Gasteiger partial charge in [0.2, 0.25) is 5.71 Å². The molecule has 23 heavy (non-hydrogen) atoms. The molecule has 3 aromatic rings. The van der Waals surface area contributed by atoms with Crippen molar-refractivity contribution in [3.05, 3.63) is 24.5 Å². The smallest absolute Gasteiger partial charge is 0.230 e. The van der Waals surface area contributed by atoms with Gasteiger partial charge in [-0.1, -0.05) is 0 Å². The summed E-state index contributed by atoms with van der Waals surface area (Å²) in [5, 5.41) is 11.8. The number of pyridine rings is 1. The summed E-state index contributed by atoms with van der Waals surface area (Å²) in [7, 11) is 1.61. The number of furan rings is 1. The van der Waals surface area contributed by atoms with Crippen molar-refractivity contribution in [1.29, 1.82) is 0 Å². The number of aromatic nitrogens is 1. The lowest BCUT2D eigenvalue weighted by Crippen LogP contribution is -2.46. The van der Waals surface area contributed by atoms with Crippen molar-refractivity contribution in [3.8, 4) is 17.2 Å². The summed E-state index contributed by atoms with van der Waals surface area (Å²) in [5.74, 6) is 1.85. The summed E-state index contributed by atoms with van der Waals surface area (Å²) >= 11 is 0. The van der Waals surface area contributed by atoms with E-state index in [4.69, 9.17) is 18.6 Å². The number of rotatable bonds is 2. The first-order valence-electron chi connectivity index (χ1n) is 7.38. The molecule has 0 saturated carbocycles. The molecule has 0 aliphatic carbocycles. The molecule has 0 radical (unpaired) electrons. The summed E-state index contributed by atoms with van der Waals surface area (Å²) in [6, 6.07) is 5.46. The zero-order valence-electron chi connectivity index (χ0n) is 13.1. The minimum absolute atomic E-state index is 0.283. The highest BCUT2D eigenvalue weighted by atomic mass is 16.6. The number of aliphatic hydroxyl groups is 1. The molecule has 6 heteroatoms. The molecular weight excluding hydrogens is 298 g/mol. The van der Waals surface area contributed by atoms with Crippen LogP contribution in [0.3, 0.4) is 0 Å². The Morgan fingerprint density at radius 1 is 1.26 bits per heavy atom. The second-order valence-electron chi connectivity index (χ2n) is 6.17. The summed E-state index contributed by atoms with van der Waals surface area (Å²) in [5.41, 5.74) is 0.191. The third kappa shape index (κ3) is 2.17. The molecule has 0 amide bonds. The molecule has 0 bridgehead atoms. The number of fused-ring (bicyclic) bond motifs is 3. The van der Waals surface area contributed by atoms with E-state index in [1.165, 1.54) is 0 Å². The van der Waals surface area contributed by atoms with E-state index >= 15 is 0 Å². The Hall–Kier alpha value is -2.47. The average molecular weight is 315 g/mol. The molecule has 4 rings (SSSR count). The van der Waals surface area contributed by atoms with Crippen LogP contribution in [0.15, 0.2) is 28.9 Å². The molecule has 0 unspecified atom stereocenters. The van der Waals surface area contributed by atoms with Gasteiger partial charge in [0.15, 0.2) is 17.6 Å². The van der Waals surface area contributed by atoms with Gasteiger partial charge in [-0.05, 0) is 26.0 Å². The zero-order valence-corrected chi connectivity index (χ0v) is 13.1. The van der Waals surface area contributed by atoms with Gasteiger partial charge in [-0.25, -0.2) is 4.98 Å². The van der Waals surface area contributed by atoms with Gasteiger partial charge < -0.3 is 23.7 Å². The van der Waals surface area contributed by atoms with E-state index in [1.807, 2.05) is 12.1 Å². The fourth-order valence-electron chi connectivity index (χ4n) is 2.76. The van der Waals surface area contributed by atoms with Crippen LogP contribution in [-0.4, -0.2) is 35.5 Å². The lowest BCUT2D eigenvalue weighted by molar-refractivity contribution is -0.0652. The van der Waals surface area contributed by atoms with Crippen LogP contribution in [0.5, 0.6) is 17.2 Å². The quantitative estimate of drug-likeness (QED) is 0.784. The van der Waals surface area contributed by atoms with Crippen LogP contribution >= 0.6 is 0 Å². The van der Waals surface area contributed by atoms with Crippen molar-refractivity contribution in [2.75, 3.05) is 13.7 Å². The first-order valence-corrected chi connectivity index (χ1v) is 7.38. The predicted molar refractivity (Wildman–Crippen MR) is 84.3 cm³/mol. The number of hydrogen-bond donors (Lipinski definition) is 1. The molecule has 6 nitrogen and oxygen atoms in total. The van der Waals surface area contributed by atoms with Gasteiger partial charge in [0.1, 0.15) is 12.4 Å². The van der Waals surface area contributed by atoms with Crippen LogP contribution < -0.4 is 14.2 Å². The molecule has 1 N–H and O–H groups in total. The van der Waals surface area contributed by atoms with Crippen molar-refractivity contribution in [2.24, 2.45) is 0 Å². The highest BCUT2D eigenvalue weighted by Gasteiger charge is 2.34. The number of methoxy groups -OCH3 is 1. The maximum Gasteiger partial charge on any atom is 0.230 e. The Balaban J connectivity index is 1.90. The Labute approximate surface area is 132 Å². The second-order valence-corrected chi connectivity index (χ2v) is 6.17. The van der Waals surface area contributed by atoms with Crippen LogP contribution in [0, 0.1) is 0 Å². The van der Waals surface area contributed by atoms with Crippen molar-refractivity contribution in [2.45, 2.75) is 25.6 Å². The molecule has 1 aliphatic heterocycles. The largest absolute Gasteiger partial charge is 0.495 e. The normalized spacial score (nSPS) is 17.7. The molecular formula is C17H17NO5. The van der Waals surface area contributed by atoms with E-state index in [0.717, 1.165) is 10.8 Å². The lowest BCUT2D eigenvalue weighted by Gasteiger charge is -2.34. The zero-order chi connectivity index (χ0) is 16.2. The topological polar surface area (TPSA) is 74.0 Å².